The zero-order valence-corrected chi connectivity index (χ0v) is 14.0. The summed E-state index contributed by atoms with van der Waals surface area (Å²) in [5.74, 6) is 0.462. The third kappa shape index (κ3) is 4.42. The van der Waals surface area contributed by atoms with Crippen LogP contribution in [-0.4, -0.2) is 4.98 Å². The third-order valence-corrected chi connectivity index (χ3v) is 4.13. The monoisotopic (exact) mass is 283 g/mol. The van der Waals surface area contributed by atoms with Crippen LogP contribution in [0.1, 0.15) is 64.1 Å². The van der Waals surface area contributed by atoms with Crippen molar-refractivity contribution < 1.29 is 0 Å². The van der Waals surface area contributed by atoms with Gasteiger partial charge in [-0.15, -0.1) is 6.58 Å². The summed E-state index contributed by atoms with van der Waals surface area (Å²) in [5, 5.41) is 0. The number of nitrogens with zero attached hydrogens (tertiary/aromatic N) is 1. The van der Waals surface area contributed by atoms with Gasteiger partial charge in [-0.05, 0) is 41.4 Å². The van der Waals surface area contributed by atoms with E-state index in [1.807, 2.05) is 12.3 Å². The lowest BCUT2D eigenvalue weighted by atomic mass is 9.73. The Labute approximate surface area is 130 Å². The molecule has 0 fully saturated rings. The Hall–Kier alpha value is -1.63. The first-order valence-corrected chi connectivity index (χ1v) is 7.92. The lowest BCUT2D eigenvalue weighted by Gasteiger charge is -2.31. The lowest BCUT2D eigenvalue weighted by Crippen LogP contribution is -2.19. The highest BCUT2D eigenvalue weighted by molar-refractivity contribution is 5.70. The van der Waals surface area contributed by atoms with Crippen LogP contribution in [0.25, 0.3) is 5.57 Å². The largest absolute Gasteiger partial charge is 0.256 e. The van der Waals surface area contributed by atoms with Crippen LogP contribution in [0, 0.1) is 5.41 Å². The van der Waals surface area contributed by atoms with Crippen LogP contribution in [-0.2, 0) is 0 Å². The summed E-state index contributed by atoms with van der Waals surface area (Å²) in [4.78, 5) is 4.65. The second-order valence-electron chi connectivity index (χ2n) is 6.12. The van der Waals surface area contributed by atoms with Gasteiger partial charge in [0.15, 0.2) is 0 Å². The zero-order chi connectivity index (χ0) is 15.9. The van der Waals surface area contributed by atoms with Crippen molar-refractivity contribution >= 4 is 5.57 Å². The van der Waals surface area contributed by atoms with Crippen molar-refractivity contribution in [3.05, 3.63) is 61.0 Å². The molecular weight excluding hydrogens is 254 g/mol. The van der Waals surface area contributed by atoms with Gasteiger partial charge >= 0.3 is 0 Å². The van der Waals surface area contributed by atoms with Crippen LogP contribution < -0.4 is 0 Å². The van der Waals surface area contributed by atoms with Crippen LogP contribution in [0.15, 0.2) is 49.7 Å². The Bertz CT molecular complexity index is 491. The summed E-state index contributed by atoms with van der Waals surface area (Å²) in [5.41, 5.74) is 3.49. The molecule has 0 saturated heterocycles. The topological polar surface area (TPSA) is 12.9 Å². The molecule has 0 aromatic carbocycles. The first kappa shape index (κ1) is 17.4. The van der Waals surface area contributed by atoms with E-state index in [9.17, 15) is 0 Å². The van der Waals surface area contributed by atoms with E-state index in [0.29, 0.717) is 5.92 Å². The number of rotatable bonds is 8. The highest BCUT2D eigenvalue weighted by Gasteiger charge is 2.27. The SMILES string of the molecule is C=C/C(=C\CC)c1ccc(C(CCC)C(C)(C)C=C)cn1. The Morgan fingerprint density at radius 3 is 2.43 bits per heavy atom. The zero-order valence-electron chi connectivity index (χ0n) is 14.0. The molecule has 1 rings (SSSR count). The van der Waals surface area contributed by atoms with E-state index in [-0.39, 0.29) is 5.41 Å². The molecule has 1 unspecified atom stereocenters. The highest BCUT2D eigenvalue weighted by Crippen LogP contribution is 2.39. The normalized spacial score (nSPS) is 13.8. The second-order valence-corrected chi connectivity index (χ2v) is 6.12. The Balaban J connectivity index is 3.11. The molecule has 1 heteroatoms. The number of hydrogen-bond donors (Lipinski definition) is 0. The number of allylic oxidation sites excluding steroid dienone is 4. The predicted octanol–water partition coefficient (Wildman–Crippen LogP) is 6.16. The minimum Gasteiger partial charge on any atom is -0.256 e. The van der Waals surface area contributed by atoms with Gasteiger partial charge < -0.3 is 0 Å². The van der Waals surface area contributed by atoms with E-state index in [2.05, 4.69) is 70.1 Å². The van der Waals surface area contributed by atoms with Crippen molar-refractivity contribution in [3.63, 3.8) is 0 Å². The highest BCUT2D eigenvalue weighted by atomic mass is 14.7. The van der Waals surface area contributed by atoms with Crippen LogP contribution in [0.4, 0.5) is 0 Å². The van der Waals surface area contributed by atoms with E-state index >= 15 is 0 Å². The Morgan fingerprint density at radius 2 is 2.00 bits per heavy atom. The fourth-order valence-corrected chi connectivity index (χ4v) is 2.69. The Morgan fingerprint density at radius 1 is 1.29 bits per heavy atom. The fourth-order valence-electron chi connectivity index (χ4n) is 2.69. The molecule has 0 aliphatic carbocycles. The quantitative estimate of drug-likeness (QED) is 0.411. The maximum Gasteiger partial charge on any atom is 0.0698 e. The molecule has 21 heavy (non-hydrogen) atoms. The molecule has 0 spiro atoms. The van der Waals surface area contributed by atoms with E-state index in [4.69, 9.17) is 0 Å². The Kier molecular flexibility index (Phi) is 6.61. The average Bonchev–Trinajstić information content (AvgIpc) is 2.50. The molecule has 0 N–H and O–H groups in total. The number of hydrogen-bond acceptors (Lipinski definition) is 1. The van der Waals surface area contributed by atoms with Gasteiger partial charge in [0.2, 0.25) is 0 Å². The summed E-state index contributed by atoms with van der Waals surface area (Å²) < 4.78 is 0. The molecular formula is C20H29N. The van der Waals surface area contributed by atoms with Gasteiger partial charge in [-0.3, -0.25) is 4.98 Å². The molecule has 1 aromatic heterocycles. The van der Waals surface area contributed by atoms with Crippen molar-refractivity contribution in [1.29, 1.82) is 0 Å². The van der Waals surface area contributed by atoms with Gasteiger partial charge in [0.1, 0.15) is 0 Å². The summed E-state index contributed by atoms with van der Waals surface area (Å²) in [6, 6.07) is 4.32. The summed E-state index contributed by atoms with van der Waals surface area (Å²) in [6.45, 7) is 16.7. The number of aromatic nitrogens is 1. The number of pyridine rings is 1. The van der Waals surface area contributed by atoms with Crippen molar-refractivity contribution in [2.75, 3.05) is 0 Å². The fraction of sp³-hybridized carbons (Fsp3) is 0.450. The first-order chi connectivity index (χ1) is 10.00. The van der Waals surface area contributed by atoms with E-state index in [1.165, 1.54) is 5.56 Å². The molecule has 114 valence electrons. The minimum atomic E-state index is 0.0831. The molecule has 1 atom stereocenters. The molecule has 0 bridgehead atoms. The summed E-state index contributed by atoms with van der Waals surface area (Å²) in [7, 11) is 0. The molecule has 1 nitrogen and oxygen atoms in total. The van der Waals surface area contributed by atoms with Gasteiger partial charge in [-0.25, -0.2) is 0 Å². The van der Waals surface area contributed by atoms with E-state index < -0.39 is 0 Å². The van der Waals surface area contributed by atoms with Crippen LogP contribution in [0.5, 0.6) is 0 Å². The van der Waals surface area contributed by atoms with Gasteiger partial charge in [0.05, 0.1) is 5.69 Å². The first-order valence-electron chi connectivity index (χ1n) is 7.92. The van der Waals surface area contributed by atoms with Gasteiger partial charge in [-0.2, -0.15) is 0 Å². The molecule has 1 aromatic rings. The standard InChI is InChI=1S/C20H29N/c1-7-11-16(9-3)19-14-13-17(15-21-19)18(12-8-2)20(5,6)10-4/h9-11,13-15,18H,3-4,7-8,12H2,1-2,5-6H3/b16-11+. The second kappa shape index (κ2) is 7.97. The molecule has 0 radical (unpaired) electrons. The van der Waals surface area contributed by atoms with Crippen LogP contribution in [0.2, 0.25) is 0 Å². The molecule has 0 aliphatic heterocycles. The van der Waals surface area contributed by atoms with Crippen molar-refractivity contribution in [2.24, 2.45) is 5.41 Å². The van der Waals surface area contributed by atoms with Crippen molar-refractivity contribution in [2.45, 2.75) is 52.9 Å². The molecule has 1 heterocycles. The summed E-state index contributed by atoms with van der Waals surface area (Å²) in [6.07, 6.45) is 11.4. The molecule has 0 aliphatic rings. The van der Waals surface area contributed by atoms with E-state index in [0.717, 1.165) is 30.5 Å². The third-order valence-electron chi connectivity index (χ3n) is 4.13. The minimum absolute atomic E-state index is 0.0831. The lowest BCUT2D eigenvalue weighted by molar-refractivity contribution is 0.351. The van der Waals surface area contributed by atoms with Crippen molar-refractivity contribution in [3.8, 4) is 0 Å². The van der Waals surface area contributed by atoms with Gasteiger partial charge in [0, 0.05) is 6.20 Å². The maximum atomic E-state index is 4.65. The van der Waals surface area contributed by atoms with Crippen molar-refractivity contribution in [1.82, 2.24) is 4.98 Å². The predicted molar refractivity (Wildman–Crippen MR) is 94.3 cm³/mol. The molecule has 0 saturated carbocycles. The maximum absolute atomic E-state index is 4.65. The van der Waals surface area contributed by atoms with Crippen LogP contribution >= 0.6 is 0 Å². The summed E-state index contributed by atoms with van der Waals surface area (Å²) >= 11 is 0. The van der Waals surface area contributed by atoms with Gasteiger partial charge in [0.25, 0.3) is 0 Å². The van der Waals surface area contributed by atoms with Gasteiger partial charge in [-0.1, -0.05) is 65.0 Å². The van der Waals surface area contributed by atoms with Crippen LogP contribution in [0.3, 0.4) is 0 Å². The smallest absolute Gasteiger partial charge is 0.0698 e. The average molecular weight is 283 g/mol. The van der Waals surface area contributed by atoms with E-state index in [1.54, 1.807) is 0 Å². The molecule has 0 amide bonds.